The Hall–Kier alpha value is -2.18. The minimum Gasteiger partial charge on any atom is -0.465 e. The van der Waals surface area contributed by atoms with Crippen molar-refractivity contribution in [2.75, 3.05) is 7.11 Å². The summed E-state index contributed by atoms with van der Waals surface area (Å²) in [6.07, 6.45) is 2.66. The first-order valence-electron chi connectivity index (χ1n) is 4.03. The van der Waals surface area contributed by atoms with Gasteiger partial charge in [-0.25, -0.2) is 4.79 Å². The monoisotopic (exact) mass is 251 g/mol. The molecule has 0 atom stereocenters. The summed E-state index contributed by atoms with van der Waals surface area (Å²) < 4.78 is 43.4. The molecule has 0 N–H and O–H groups in total. The summed E-state index contributed by atoms with van der Waals surface area (Å²) in [7, 11) is -4.73. The quantitative estimate of drug-likeness (QED) is 0.333. The van der Waals surface area contributed by atoms with Crippen LogP contribution in [0.1, 0.15) is 10.4 Å². The van der Waals surface area contributed by atoms with Crippen molar-refractivity contribution in [2.45, 2.75) is 0 Å². The van der Waals surface area contributed by atoms with Gasteiger partial charge >= 0.3 is 18.9 Å². The molecule has 10 heteroatoms. The highest BCUT2D eigenvalue weighted by molar-refractivity contribution is 6.50. The molecule has 0 spiro atoms. The van der Waals surface area contributed by atoms with E-state index in [2.05, 4.69) is 14.7 Å². The molecule has 0 radical (unpaired) electrons. The lowest BCUT2D eigenvalue weighted by molar-refractivity contribution is 0.0600. The number of aromatic nitrogens is 1. The van der Waals surface area contributed by atoms with Crippen molar-refractivity contribution < 1.29 is 26.8 Å². The number of hydrogen-bond donors (Lipinski definition) is 0. The van der Waals surface area contributed by atoms with Crippen molar-refractivity contribution in [3.8, 4) is 0 Å². The third-order valence-electron chi connectivity index (χ3n) is 1.26. The fourth-order valence-electron chi connectivity index (χ4n) is 0.712. The maximum Gasteiger partial charge on any atom is 0.673 e. The highest BCUT2D eigenvalue weighted by atomic mass is 19.5. The van der Waals surface area contributed by atoms with E-state index in [1.54, 1.807) is 0 Å². The number of ether oxygens (including phenoxy) is 1. The van der Waals surface area contributed by atoms with Gasteiger partial charge in [0.2, 0.25) is 5.39 Å². The van der Waals surface area contributed by atoms with E-state index in [1.165, 1.54) is 25.6 Å². The fraction of sp³-hybridized carbons (Fsp3) is 0.143. The van der Waals surface area contributed by atoms with E-state index in [1.807, 2.05) is 0 Å². The summed E-state index contributed by atoms with van der Waals surface area (Å²) in [4.78, 5) is 17.4. The minimum atomic E-state index is -6.00. The molecule has 0 saturated heterocycles. The number of carbonyl (C=O) groups is 1. The van der Waals surface area contributed by atoms with E-state index in [0.29, 0.717) is 0 Å². The highest BCUT2D eigenvalue weighted by Gasteiger charge is 2.20. The highest BCUT2D eigenvalue weighted by Crippen LogP contribution is 2.11. The second-order valence-electron chi connectivity index (χ2n) is 2.52. The smallest absolute Gasteiger partial charge is 0.465 e. The Labute approximate surface area is 93.1 Å². The molecule has 92 valence electrons. The van der Waals surface area contributed by atoms with Crippen molar-refractivity contribution in [1.82, 2.24) is 4.98 Å². The van der Waals surface area contributed by atoms with Crippen LogP contribution < -0.4 is 0 Å². The second-order valence-corrected chi connectivity index (χ2v) is 2.52. The third-order valence-corrected chi connectivity index (χ3v) is 1.26. The topological polar surface area (TPSA) is 67.3 Å². The van der Waals surface area contributed by atoms with E-state index in [9.17, 15) is 22.1 Å². The van der Waals surface area contributed by atoms with Crippen LogP contribution in [0.5, 0.6) is 0 Å². The molecule has 5 nitrogen and oxygen atoms in total. The Kier molecular flexibility index (Phi) is 5.60. The summed E-state index contributed by atoms with van der Waals surface area (Å²) in [5.41, 5.74) is 0.478. The van der Waals surface area contributed by atoms with Crippen molar-refractivity contribution in [3.63, 3.8) is 0 Å². The second kappa shape index (κ2) is 6.42. The van der Waals surface area contributed by atoms with Gasteiger partial charge in [0.15, 0.2) is 4.98 Å². The van der Waals surface area contributed by atoms with E-state index in [-0.39, 0.29) is 11.3 Å². The Morgan fingerprint density at radius 2 is 1.94 bits per heavy atom. The number of methoxy groups -OCH3 is 1. The van der Waals surface area contributed by atoms with Crippen LogP contribution in [0.25, 0.3) is 4.98 Å². The first-order valence-corrected chi connectivity index (χ1v) is 4.03. The van der Waals surface area contributed by atoms with Crippen LogP contribution in [0.3, 0.4) is 0 Å². The zero-order valence-electron chi connectivity index (χ0n) is 8.48. The van der Waals surface area contributed by atoms with Crippen molar-refractivity contribution >= 4 is 18.9 Å². The molecule has 0 aromatic carbocycles. The molecule has 0 amide bonds. The van der Waals surface area contributed by atoms with Gasteiger partial charge < -0.3 is 22.0 Å². The van der Waals surface area contributed by atoms with Gasteiger partial charge in [0.25, 0.3) is 0 Å². The molecule has 1 heterocycles. The van der Waals surface area contributed by atoms with Gasteiger partial charge in [0.05, 0.1) is 18.7 Å². The van der Waals surface area contributed by atoms with Crippen LogP contribution >= 0.6 is 0 Å². The number of hydrogen-bond acceptors (Lipinski definition) is 4. The Morgan fingerprint density at radius 3 is 2.35 bits per heavy atom. The van der Waals surface area contributed by atoms with Gasteiger partial charge in [0, 0.05) is 6.20 Å². The van der Waals surface area contributed by atoms with Gasteiger partial charge in [-0.1, -0.05) is 0 Å². The predicted molar refractivity (Wildman–Crippen MR) is 50.5 cm³/mol. The van der Waals surface area contributed by atoms with Crippen LogP contribution in [0, 0.1) is 5.39 Å². The SMILES string of the molecule is COC(=O)c1cncc([N+]#N)c1.F[B-](F)(F)F. The largest absolute Gasteiger partial charge is 0.673 e. The number of diazo groups is 1. The van der Waals surface area contributed by atoms with Crippen molar-refractivity contribution in [1.29, 1.82) is 5.39 Å². The summed E-state index contributed by atoms with van der Waals surface area (Å²) in [6, 6.07) is 1.37. The third kappa shape index (κ3) is 7.72. The first kappa shape index (κ1) is 14.8. The van der Waals surface area contributed by atoms with E-state index >= 15 is 0 Å². The van der Waals surface area contributed by atoms with E-state index in [0.717, 1.165) is 0 Å². The van der Waals surface area contributed by atoms with Crippen LogP contribution in [0.15, 0.2) is 18.5 Å². The molecule has 1 aromatic heterocycles. The number of rotatable bonds is 1. The molecular formula is C7H6BF4N3O2. The fourth-order valence-corrected chi connectivity index (χ4v) is 0.712. The lowest BCUT2D eigenvalue weighted by Crippen LogP contribution is -2.02. The van der Waals surface area contributed by atoms with Crippen LogP contribution in [0.2, 0.25) is 0 Å². The number of nitrogens with zero attached hydrogens (tertiary/aromatic N) is 3. The van der Waals surface area contributed by atoms with Gasteiger partial charge in [0.1, 0.15) is 6.20 Å². The Morgan fingerprint density at radius 1 is 1.41 bits per heavy atom. The molecule has 0 bridgehead atoms. The van der Waals surface area contributed by atoms with E-state index < -0.39 is 13.2 Å². The minimum absolute atomic E-state index is 0.220. The Bertz CT molecular complexity index is 426. The number of pyridine rings is 1. The van der Waals surface area contributed by atoms with Crippen molar-refractivity contribution in [2.24, 2.45) is 0 Å². The number of halogens is 4. The summed E-state index contributed by atoms with van der Waals surface area (Å²) in [6.45, 7) is 0. The first-order chi connectivity index (χ1) is 7.77. The van der Waals surface area contributed by atoms with Gasteiger partial charge in [-0.3, -0.25) is 4.98 Å². The summed E-state index contributed by atoms with van der Waals surface area (Å²) in [5, 5.41) is 8.35. The van der Waals surface area contributed by atoms with Gasteiger partial charge in [-0.15, -0.1) is 0 Å². The molecule has 0 aliphatic rings. The zero-order valence-corrected chi connectivity index (χ0v) is 8.48. The number of esters is 1. The maximum absolute atomic E-state index is 10.9. The average molecular weight is 251 g/mol. The van der Waals surface area contributed by atoms with E-state index in [4.69, 9.17) is 5.39 Å². The molecule has 0 unspecified atom stereocenters. The van der Waals surface area contributed by atoms with Gasteiger partial charge in [-0.05, 0) is 0 Å². The standard InChI is InChI=1S/C7H6N3O2.BF4/c1-12-7(11)5-2-6(10-8)4-9-3-5;2-1(3,4)5/h2-4H,1H3;/q+1;-1. The Balaban J connectivity index is 0.000000437. The molecule has 0 saturated carbocycles. The predicted octanol–water partition coefficient (Wildman–Crippen LogP) is 2.65. The zero-order chi connectivity index (χ0) is 13.5. The lowest BCUT2D eigenvalue weighted by atomic mass is 10.3. The van der Waals surface area contributed by atoms with Crippen LogP contribution in [-0.4, -0.2) is 25.3 Å². The molecule has 0 aliphatic carbocycles. The van der Waals surface area contributed by atoms with Crippen molar-refractivity contribution in [3.05, 3.63) is 29.0 Å². The normalized spacial score (nSPS) is 9.65. The average Bonchev–Trinajstić information content (AvgIpc) is 2.26. The molecule has 1 rings (SSSR count). The lowest BCUT2D eigenvalue weighted by Gasteiger charge is -1.94. The van der Waals surface area contributed by atoms with Crippen LogP contribution in [-0.2, 0) is 4.74 Å². The molecule has 1 aromatic rings. The molecule has 17 heavy (non-hydrogen) atoms. The number of carbonyl (C=O) groups excluding carboxylic acids is 1. The summed E-state index contributed by atoms with van der Waals surface area (Å²) in [5.74, 6) is -0.506. The molecule has 0 aliphatic heterocycles. The van der Waals surface area contributed by atoms with Gasteiger partial charge in [-0.2, -0.15) is 0 Å². The summed E-state index contributed by atoms with van der Waals surface area (Å²) >= 11 is 0. The maximum atomic E-state index is 10.9. The van der Waals surface area contributed by atoms with Crippen LogP contribution in [0.4, 0.5) is 23.0 Å². The molecular weight excluding hydrogens is 245 g/mol. The molecule has 0 fully saturated rings.